The molecule has 0 atom stereocenters. The van der Waals surface area contributed by atoms with Gasteiger partial charge in [0.05, 0.1) is 19.8 Å². The molecule has 0 heterocycles. The van der Waals surface area contributed by atoms with Gasteiger partial charge >= 0.3 is 0 Å². The molecule has 0 bridgehead atoms. The van der Waals surface area contributed by atoms with Crippen molar-refractivity contribution in [1.82, 2.24) is 0 Å². The summed E-state index contributed by atoms with van der Waals surface area (Å²) in [6.07, 6.45) is 0.543. The minimum Gasteiger partial charge on any atom is -0.497 e. The SMILES string of the molecule is CCSCCC(=O)c1ccc(OC)cc1OC. The van der Waals surface area contributed by atoms with Gasteiger partial charge in [-0.3, -0.25) is 4.79 Å². The Hall–Kier alpha value is -1.16. The molecular formula is C13H18O3S. The lowest BCUT2D eigenvalue weighted by Gasteiger charge is -2.09. The maximum Gasteiger partial charge on any atom is 0.167 e. The number of ether oxygens (including phenoxy) is 2. The fraction of sp³-hybridized carbons (Fsp3) is 0.462. The molecule has 0 N–H and O–H groups in total. The standard InChI is InChI=1S/C13H18O3S/c1-4-17-8-7-12(14)11-6-5-10(15-2)9-13(11)16-3/h5-6,9H,4,7-8H2,1-3H3. The van der Waals surface area contributed by atoms with Gasteiger partial charge in [-0.1, -0.05) is 6.92 Å². The predicted octanol–water partition coefficient (Wildman–Crippen LogP) is 3.03. The number of Topliss-reactive ketones (excluding diaryl/α,β-unsaturated/α-hetero) is 1. The summed E-state index contributed by atoms with van der Waals surface area (Å²) < 4.78 is 10.3. The first-order chi connectivity index (χ1) is 8.22. The topological polar surface area (TPSA) is 35.5 Å². The summed E-state index contributed by atoms with van der Waals surface area (Å²) in [5.41, 5.74) is 0.630. The minimum atomic E-state index is 0.116. The summed E-state index contributed by atoms with van der Waals surface area (Å²) in [5, 5.41) is 0. The Morgan fingerprint density at radius 2 is 2.06 bits per heavy atom. The van der Waals surface area contributed by atoms with Crippen molar-refractivity contribution in [2.45, 2.75) is 13.3 Å². The Kier molecular flexibility index (Phi) is 5.91. The molecule has 0 aliphatic rings. The molecule has 17 heavy (non-hydrogen) atoms. The summed E-state index contributed by atoms with van der Waals surface area (Å²) in [5.74, 6) is 3.28. The molecule has 4 heteroatoms. The van der Waals surface area contributed by atoms with Crippen molar-refractivity contribution in [2.24, 2.45) is 0 Å². The number of methoxy groups -OCH3 is 2. The number of hydrogen-bond acceptors (Lipinski definition) is 4. The van der Waals surface area contributed by atoms with Crippen LogP contribution < -0.4 is 9.47 Å². The predicted molar refractivity (Wildman–Crippen MR) is 71.5 cm³/mol. The molecule has 0 unspecified atom stereocenters. The molecule has 0 spiro atoms. The van der Waals surface area contributed by atoms with Gasteiger partial charge in [0.25, 0.3) is 0 Å². The number of thioether (sulfide) groups is 1. The molecule has 1 aromatic rings. The van der Waals surface area contributed by atoms with Crippen molar-refractivity contribution < 1.29 is 14.3 Å². The molecule has 0 saturated heterocycles. The highest BCUT2D eigenvalue weighted by molar-refractivity contribution is 7.99. The monoisotopic (exact) mass is 254 g/mol. The van der Waals surface area contributed by atoms with Crippen LogP contribution in [0.3, 0.4) is 0 Å². The van der Waals surface area contributed by atoms with Crippen molar-refractivity contribution >= 4 is 17.5 Å². The Bertz CT molecular complexity index is 377. The fourth-order valence-electron chi connectivity index (χ4n) is 1.47. The van der Waals surface area contributed by atoms with Gasteiger partial charge in [0.15, 0.2) is 5.78 Å². The molecule has 0 aromatic heterocycles. The maximum atomic E-state index is 12.0. The highest BCUT2D eigenvalue weighted by Gasteiger charge is 2.12. The van der Waals surface area contributed by atoms with Crippen LogP contribution in [0.15, 0.2) is 18.2 Å². The lowest BCUT2D eigenvalue weighted by Crippen LogP contribution is -2.04. The molecule has 0 amide bonds. The zero-order valence-corrected chi connectivity index (χ0v) is 11.3. The van der Waals surface area contributed by atoms with Crippen molar-refractivity contribution in [1.29, 1.82) is 0 Å². The van der Waals surface area contributed by atoms with Crippen LogP contribution in [0, 0.1) is 0 Å². The lowest BCUT2D eigenvalue weighted by molar-refractivity contribution is 0.0986. The lowest BCUT2D eigenvalue weighted by atomic mass is 10.1. The minimum absolute atomic E-state index is 0.116. The third-order valence-corrected chi connectivity index (χ3v) is 3.29. The van der Waals surface area contributed by atoms with E-state index in [9.17, 15) is 4.79 Å². The molecule has 3 nitrogen and oxygen atoms in total. The second-order valence-electron chi connectivity index (χ2n) is 3.44. The van der Waals surface area contributed by atoms with Crippen LogP contribution in [-0.4, -0.2) is 31.5 Å². The average Bonchev–Trinajstić information content (AvgIpc) is 2.38. The quantitative estimate of drug-likeness (QED) is 0.553. The molecule has 94 valence electrons. The van der Waals surface area contributed by atoms with E-state index in [2.05, 4.69) is 6.92 Å². The molecule has 1 rings (SSSR count). The maximum absolute atomic E-state index is 12.0. The highest BCUT2D eigenvalue weighted by Crippen LogP contribution is 2.25. The summed E-state index contributed by atoms with van der Waals surface area (Å²) in [4.78, 5) is 12.0. The van der Waals surface area contributed by atoms with E-state index >= 15 is 0 Å². The Morgan fingerprint density at radius 1 is 1.29 bits per heavy atom. The van der Waals surface area contributed by atoms with Gasteiger partial charge in [0.1, 0.15) is 11.5 Å². The number of benzene rings is 1. The summed E-state index contributed by atoms with van der Waals surface area (Å²) in [7, 11) is 3.15. The van der Waals surface area contributed by atoms with Crippen molar-refractivity contribution in [3.05, 3.63) is 23.8 Å². The third kappa shape index (κ3) is 3.97. The van der Waals surface area contributed by atoms with Gasteiger partial charge in [-0.05, 0) is 17.9 Å². The van der Waals surface area contributed by atoms with Crippen LogP contribution in [0.4, 0.5) is 0 Å². The number of ketones is 1. The number of carbonyl (C=O) groups excluding carboxylic acids is 1. The van der Waals surface area contributed by atoms with Gasteiger partial charge in [-0.25, -0.2) is 0 Å². The summed E-state index contributed by atoms with van der Waals surface area (Å²) in [6.45, 7) is 2.09. The normalized spacial score (nSPS) is 10.1. The molecule has 0 saturated carbocycles. The van der Waals surface area contributed by atoms with Crippen LogP contribution in [0.25, 0.3) is 0 Å². The first-order valence-corrected chi connectivity index (χ1v) is 6.71. The average molecular weight is 254 g/mol. The molecular weight excluding hydrogens is 236 g/mol. The van der Waals surface area contributed by atoms with Crippen LogP contribution in [0.5, 0.6) is 11.5 Å². The van der Waals surface area contributed by atoms with E-state index in [1.165, 1.54) is 0 Å². The third-order valence-electron chi connectivity index (χ3n) is 2.39. The van der Waals surface area contributed by atoms with Gasteiger partial charge in [-0.2, -0.15) is 11.8 Å². The van der Waals surface area contributed by atoms with E-state index in [0.717, 1.165) is 11.5 Å². The van der Waals surface area contributed by atoms with Gasteiger partial charge in [-0.15, -0.1) is 0 Å². The van der Waals surface area contributed by atoms with Crippen molar-refractivity contribution in [2.75, 3.05) is 25.7 Å². The van der Waals surface area contributed by atoms with Crippen LogP contribution in [0.2, 0.25) is 0 Å². The van der Waals surface area contributed by atoms with E-state index in [1.54, 1.807) is 44.2 Å². The zero-order chi connectivity index (χ0) is 12.7. The summed E-state index contributed by atoms with van der Waals surface area (Å²) >= 11 is 1.77. The molecule has 0 aliphatic carbocycles. The van der Waals surface area contributed by atoms with Crippen molar-refractivity contribution in [3.8, 4) is 11.5 Å². The van der Waals surface area contributed by atoms with E-state index in [-0.39, 0.29) is 5.78 Å². The van der Waals surface area contributed by atoms with Gasteiger partial charge in [0.2, 0.25) is 0 Å². The van der Waals surface area contributed by atoms with Gasteiger partial charge in [0, 0.05) is 18.2 Å². The largest absolute Gasteiger partial charge is 0.497 e. The highest BCUT2D eigenvalue weighted by atomic mass is 32.2. The molecule has 0 radical (unpaired) electrons. The second kappa shape index (κ2) is 7.22. The molecule has 1 aromatic carbocycles. The Balaban J connectivity index is 2.78. The smallest absolute Gasteiger partial charge is 0.167 e. The zero-order valence-electron chi connectivity index (χ0n) is 10.5. The van der Waals surface area contributed by atoms with E-state index in [1.807, 2.05) is 0 Å². The summed E-state index contributed by atoms with van der Waals surface area (Å²) in [6, 6.07) is 5.28. The Labute approximate surface area is 106 Å². The Morgan fingerprint density at radius 3 is 2.65 bits per heavy atom. The first-order valence-electron chi connectivity index (χ1n) is 5.55. The van der Waals surface area contributed by atoms with Crippen LogP contribution >= 0.6 is 11.8 Å². The molecule has 0 fully saturated rings. The second-order valence-corrected chi connectivity index (χ2v) is 4.83. The van der Waals surface area contributed by atoms with Crippen LogP contribution in [-0.2, 0) is 0 Å². The molecule has 0 aliphatic heterocycles. The fourth-order valence-corrected chi connectivity index (χ4v) is 2.09. The van der Waals surface area contributed by atoms with Crippen LogP contribution in [0.1, 0.15) is 23.7 Å². The van der Waals surface area contributed by atoms with E-state index < -0.39 is 0 Å². The van der Waals surface area contributed by atoms with Crippen molar-refractivity contribution in [3.63, 3.8) is 0 Å². The number of rotatable bonds is 7. The van der Waals surface area contributed by atoms with E-state index in [0.29, 0.717) is 23.5 Å². The van der Waals surface area contributed by atoms with E-state index in [4.69, 9.17) is 9.47 Å². The van der Waals surface area contributed by atoms with Gasteiger partial charge < -0.3 is 9.47 Å². The number of hydrogen-bond donors (Lipinski definition) is 0. The first kappa shape index (κ1) is 13.9. The number of carbonyl (C=O) groups is 1.